The van der Waals surface area contributed by atoms with Crippen LogP contribution in [0, 0.1) is 56.7 Å². The number of Topliss-reactive ketones (excluding diaryl/α,β-unsaturated/α-hetero) is 1. The summed E-state index contributed by atoms with van der Waals surface area (Å²) in [5.74, 6) is 2.22. The molecular formula is C30H46O4. The van der Waals surface area contributed by atoms with Crippen molar-refractivity contribution in [3.05, 3.63) is 0 Å². The van der Waals surface area contributed by atoms with E-state index in [-0.39, 0.29) is 33.5 Å². The molecular weight excluding hydrogens is 424 g/mol. The number of carbonyl (C=O) groups excluding carboxylic acids is 2. The molecule has 6 fully saturated rings. The van der Waals surface area contributed by atoms with Gasteiger partial charge in [-0.3, -0.25) is 4.79 Å². The second kappa shape index (κ2) is 6.77. The van der Waals surface area contributed by atoms with E-state index in [0.717, 1.165) is 38.6 Å². The third kappa shape index (κ3) is 2.27. The van der Waals surface area contributed by atoms with Gasteiger partial charge in [-0.2, -0.15) is 0 Å². The smallest absolute Gasteiger partial charge is 0.165 e. The minimum absolute atomic E-state index is 0.00481. The van der Waals surface area contributed by atoms with Crippen LogP contribution < -0.4 is 0 Å². The Kier molecular flexibility index (Phi) is 4.71. The zero-order valence-electron chi connectivity index (χ0n) is 22.3. The predicted molar refractivity (Wildman–Crippen MR) is 131 cm³/mol. The minimum atomic E-state index is -0.716. The molecule has 0 aromatic heterocycles. The fraction of sp³-hybridized carbons (Fsp3) is 0.933. The highest BCUT2D eigenvalue weighted by Crippen LogP contribution is 2.79. The highest BCUT2D eigenvalue weighted by atomic mass is 16.5. The number of rotatable bonds is 1. The number of aliphatic hydroxyl groups is 1. The van der Waals surface area contributed by atoms with Crippen LogP contribution in [0.5, 0.6) is 0 Å². The Morgan fingerprint density at radius 2 is 1.68 bits per heavy atom. The van der Waals surface area contributed by atoms with Crippen LogP contribution in [0.15, 0.2) is 0 Å². The summed E-state index contributed by atoms with van der Waals surface area (Å²) in [6.45, 7) is 14.8. The summed E-state index contributed by atoms with van der Waals surface area (Å²) >= 11 is 0. The number of hydrogen-bond donors (Lipinski definition) is 1. The number of carbonyl (C=O) groups is 2. The second-order valence-electron chi connectivity index (χ2n) is 14.8. The maximum Gasteiger partial charge on any atom is 0.165 e. The van der Waals surface area contributed by atoms with Gasteiger partial charge >= 0.3 is 0 Å². The summed E-state index contributed by atoms with van der Waals surface area (Å²) in [4.78, 5) is 26.9. The quantitative estimate of drug-likeness (QED) is 0.507. The van der Waals surface area contributed by atoms with Crippen molar-refractivity contribution in [3.63, 3.8) is 0 Å². The summed E-state index contributed by atoms with van der Waals surface area (Å²) in [6.07, 6.45) is 9.32. The SMILES string of the molecule is CC1CCC23CCC4(C)C5(C)CCC6C(C)(C=O)C(O)CCC6(C)C5CC(=O)C4(OC2)C3C1C. The van der Waals surface area contributed by atoms with Crippen LogP contribution >= 0.6 is 0 Å². The van der Waals surface area contributed by atoms with Gasteiger partial charge in [0.25, 0.3) is 0 Å². The van der Waals surface area contributed by atoms with Gasteiger partial charge < -0.3 is 14.6 Å². The van der Waals surface area contributed by atoms with Crippen molar-refractivity contribution in [1.29, 1.82) is 0 Å². The van der Waals surface area contributed by atoms with Crippen LogP contribution in [-0.4, -0.2) is 35.5 Å². The topological polar surface area (TPSA) is 63.6 Å². The molecule has 1 aliphatic heterocycles. The number of ether oxygens (including phenoxy) is 1. The van der Waals surface area contributed by atoms with Gasteiger partial charge in [-0.25, -0.2) is 0 Å². The molecule has 5 aliphatic carbocycles. The Balaban J connectivity index is 1.49. The summed E-state index contributed by atoms with van der Waals surface area (Å²) in [6, 6.07) is 0. The molecule has 6 rings (SSSR count). The van der Waals surface area contributed by atoms with Gasteiger partial charge in [-0.15, -0.1) is 0 Å². The largest absolute Gasteiger partial charge is 0.392 e. The van der Waals surface area contributed by atoms with Crippen LogP contribution in [0.4, 0.5) is 0 Å². The van der Waals surface area contributed by atoms with Gasteiger partial charge in [0.1, 0.15) is 11.9 Å². The van der Waals surface area contributed by atoms with Crippen LogP contribution in [0.2, 0.25) is 0 Å². The molecule has 1 saturated heterocycles. The lowest BCUT2D eigenvalue weighted by atomic mass is 9.30. The lowest BCUT2D eigenvalue weighted by molar-refractivity contribution is -0.271. The molecule has 4 heteroatoms. The Morgan fingerprint density at radius 1 is 0.941 bits per heavy atom. The Morgan fingerprint density at radius 3 is 2.38 bits per heavy atom. The van der Waals surface area contributed by atoms with Crippen LogP contribution in [-0.2, 0) is 14.3 Å². The molecule has 5 saturated carbocycles. The molecule has 1 N–H and O–H groups in total. The van der Waals surface area contributed by atoms with E-state index in [1.165, 1.54) is 19.3 Å². The van der Waals surface area contributed by atoms with Crippen LogP contribution in [0.25, 0.3) is 0 Å². The summed E-state index contributed by atoms with van der Waals surface area (Å²) in [7, 11) is 0. The predicted octanol–water partition coefficient (Wildman–Crippen LogP) is 5.60. The molecule has 0 amide bonds. The molecule has 6 aliphatic rings. The van der Waals surface area contributed by atoms with Gasteiger partial charge in [0.15, 0.2) is 5.78 Å². The zero-order valence-corrected chi connectivity index (χ0v) is 22.3. The van der Waals surface area contributed by atoms with E-state index in [1.807, 2.05) is 6.92 Å². The summed E-state index contributed by atoms with van der Waals surface area (Å²) < 4.78 is 6.96. The van der Waals surface area contributed by atoms with Crippen molar-refractivity contribution < 1.29 is 19.4 Å². The average Bonchev–Trinajstić information content (AvgIpc) is 3.09. The maximum atomic E-state index is 14.6. The molecule has 34 heavy (non-hydrogen) atoms. The van der Waals surface area contributed by atoms with Crippen molar-refractivity contribution in [2.24, 2.45) is 56.7 Å². The Hall–Kier alpha value is -0.740. The normalized spacial score (nSPS) is 62.7. The highest BCUT2D eigenvalue weighted by Gasteiger charge is 2.81. The standard InChI is InChI=1S/C30H46O4/c1-18-7-12-29-14-13-28(6)27(5)11-8-20-25(3,10-9-22(32)26(20,4)16-31)21(27)15-23(33)30(28,34-17-29)24(29)19(18)2/h16,18-22,24,32H,7-15,17H2,1-6H3. The first kappa shape index (κ1) is 23.6. The van der Waals surface area contributed by atoms with E-state index in [1.54, 1.807) is 0 Å². The number of fused-ring (bicyclic) bond motifs is 4. The van der Waals surface area contributed by atoms with E-state index >= 15 is 0 Å². The van der Waals surface area contributed by atoms with E-state index in [0.29, 0.717) is 36.4 Å². The van der Waals surface area contributed by atoms with Gasteiger partial charge in [0.05, 0.1) is 18.1 Å². The first-order chi connectivity index (χ1) is 15.9. The van der Waals surface area contributed by atoms with Gasteiger partial charge in [0, 0.05) is 23.2 Å². The maximum absolute atomic E-state index is 14.6. The summed E-state index contributed by atoms with van der Waals surface area (Å²) in [5.41, 5.74) is -1.47. The number of aldehydes is 1. The third-order valence-electron chi connectivity index (χ3n) is 14.2. The third-order valence-corrected chi connectivity index (χ3v) is 14.2. The molecule has 12 unspecified atom stereocenters. The van der Waals surface area contributed by atoms with Crippen molar-refractivity contribution in [3.8, 4) is 0 Å². The van der Waals surface area contributed by atoms with Crippen molar-refractivity contribution >= 4 is 12.1 Å². The second-order valence-corrected chi connectivity index (χ2v) is 14.8. The molecule has 12 atom stereocenters. The fourth-order valence-electron chi connectivity index (χ4n) is 11.8. The first-order valence-electron chi connectivity index (χ1n) is 14.2. The van der Waals surface area contributed by atoms with Gasteiger partial charge in [-0.05, 0) is 85.9 Å². The van der Waals surface area contributed by atoms with E-state index in [4.69, 9.17) is 4.74 Å². The summed E-state index contributed by atoms with van der Waals surface area (Å²) in [5, 5.41) is 10.9. The average molecular weight is 471 g/mol. The van der Waals surface area contributed by atoms with E-state index < -0.39 is 17.1 Å². The monoisotopic (exact) mass is 470 g/mol. The molecule has 2 bridgehead atoms. The molecule has 0 radical (unpaired) electrons. The van der Waals surface area contributed by atoms with E-state index in [9.17, 15) is 14.7 Å². The fourth-order valence-corrected chi connectivity index (χ4v) is 11.8. The molecule has 1 spiro atoms. The van der Waals surface area contributed by atoms with Crippen LogP contribution in [0.1, 0.15) is 99.3 Å². The molecule has 4 nitrogen and oxygen atoms in total. The number of aliphatic hydroxyl groups excluding tert-OH is 1. The zero-order chi connectivity index (χ0) is 24.5. The van der Waals surface area contributed by atoms with Crippen LogP contribution in [0.3, 0.4) is 0 Å². The molecule has 1 heterocycles. The molecule has 190 valence electrons. The number of hydrogen-bond acceptors (Lipinski definition) is 4. The molecule has 0 aromatic rings. The first-order valence-corrected chi connectivity index (χ1v) is 14.2. The number of ketones is 1. The van der Waals surface area contributed by atoms with Crippen molar-refractivity contribution in [1.82, 2.24) is 0 Å². The van der Waals surface area contributed by atoms with Crippen molar-refractivity contribution in [2.45, 2.75) is 111 Å². The van der Waals surface area contributed by atoms with Gasteiger partial charge in [0.2, 0.25) is 0 Å². The van der Waals surface area contributed by atoms with E-state index in [2.05, 4.69) is 34.6 Å². The van der Waals surface area contributed by atoms with Crippen molar-refractivity contribution in [2.75, 3.05) is 6.61 Å². The minimum Gasteiger partial charge on any atom is -0.392 e. The Bertz CT molecular complexity index is 931. The van der Waals surface area contributed by atoms with Gasteiger partial charge in [-0.1, -0.05) is 41.5 Å². The lowest BCUT2D eigenvalue weighted by Crippen LogP contribution is -2.75. The Labute approximate surface area is 206 Å². The molecule has 0 aromatic carbocycles. The lowest BCUT2D eigenvalue weighted by Gasteiger charge is -2.73. The highest BCUT2D eigenvalue weighted by molar-refractivity contribution is 5.91.